The zero-order chi connectivity index (χ0) is 16.8. The second-order valence-electron chi connectivity index (χ2n) is 5.00. The van der Waals surface area contributed by atoms with Crippen molar-refractivity contribution < 1.29 is 27.8 Å². The molecular formula is C14H19F3N2O3. The molecule has 0 bridgehead atoms. The van der Waals surface area contributed by atoms with Gasteiger partial charge in [0.2, 0.25) is 0 Å². The van der Waals surface area contributed by atoms with Gasteiger partial charge in [-0.1, -0.05) is 0 Å². The predicted molar refractivity (Wildman–Crippen MR) is 74.6 cm³/mol. The SMILES string of the molecule is CC(C)NC(=O)NC[C@@H](O)COc1ccc(C(F)(F)F)cc1. The molecule has 0 aromatic heterocycles. The van der Waals surface area contributed by atoms with E-state index in [2.05, 4.69) is 10.6 Å². The number of carbonyl (C=O) groups excluding carboxylic acids is 1. The summed E-state index contributed by atoms with van der Waals surface area (Å²) in [5, 5.41) is 14.7. The molecule has 0 aliphatic carbocycles. The lowest BCUT2D eigenvalue weighted by Gasteiger charge is -2.15. The Morgan fingerprint density at radius 1 is 1.27 bits per heavy atom. The van der Waals surface area contributed by atoms with E-state index in [9.17, 15) is 23.1 Å². The number of amides is 2. The van der Waals surface area contributed by atoms with Crippen LogP contribution in [0.15, 0.2) is 24.3 Å². The number of urea groups is 1. The van der Waals surface area contributed by atoms with Gasteiger partial charge in [0, 0.05) is 12.6 Å². The van der Waals surface area contributed by atoms with Crippen LogP contribution < -0.4 is 15.4 Å². The summed E-state index contributed by atoms with van der Waals surface area (Å²) in [7, 11) is 0. The molecule has 1 atom stereocenters. The molecule has 3 N–H and O–H groups in total. The van der Waals surface area contributed by atoms with Crippen LogP contribution >= 0.6 is 0 Å². The maximum atomic E-state index is 12.4. The van der Waals surface area contributed by atoms with Crippen molar-refractivity contribution in [1.29, 1.82) is 0 Å². The molecule has 0 saturated carbocycles. The number of alkyl halides is 3. The lowest BCUT2D eigenvalue weighted by Crippen LogP contribution is -2.43. The Balaban J connectivity index is 2.35. The van der Waals surface area contributed by atoms with Crippen molar-refractivity contribution >= 4 is 6.03 Å². The average Bonchev–Trinajstić information content (AvgIpc) is 2.41. The lowest BCUT2D eigenvalue weighted by atomic mass is 10.2. The molecule has 1 aromatic rings. The highest BCUT2D eigenvalue weighted by Crippen LogP contribution is 2.30. The molecule has 0 heterocycles. The summed E-state index contributed by atoms with van der Waals surface area (Å²) < 4.78 is 42.3. The summed E-state index contributed by atoms with van der Waals surface area (Å²) in [5.41, 5.74) is -0.771. The third-order valence-electron chi connectivity index (χ3n) is 2.54. The van der Waals surface area contributed by atoms with Gasteiger partial charge in [-0.25, -0.2) is 4.79 Å². The lowest BCUT2D eigenvalue weighted by molar-refractivity contribution is -0.137. The van der Waals surface area contributed by atoms with Crippen molar-refractivity contribution in [1.82, 2.24) is 10.6 Å². The van der Waals surface area contributed by atoms with Gasteiger partial charge in [0.25, 0.3) is 0 Å². The number of halogens is 3. The van der Waals surface area contributed by atoms with Crippen LogP contribution in [-0.4, -0.2) is 36.4 Å². The van der Waals surface area contributed by atoms with E-state index >= 15 is 0 Å². The molecule has 0 unspecified atom stereocenters. The number of rotatable bonds is 6. The first-order valence-corrected chi connectivity index (χ1v) is 6.71. The third-order valence-corrected chi connectivity index (χ3v) is 2.54. The number of ether oxygens (including phenoxy) is 1. The van der Waals surface area contributed by atoms with E-state index in [1.807, 2.05) is 0 Å². The maximum Gasteiger partial charge on any atom is 0.416 e. The number of aliphatic hydroxyl groups is 1. The van der Waals surface area contributed by atoms with Crippen molar-refractivity contribution in [2.45, 2.75) is 32.2 Å². The van der Waals surface area contributed by atoms with E-state index in [1.165, 1.54) is 12.1 Å². The molecule has 1 aromatic carbocycles. The average molecular weight is 320 g/mol. The highest BCUT2D eigenvalue weighted by atomic mass is 19.4. The molecule has 124 valence electrons. The molecule has 0 aliphatic heterocycles. The first-order chi connectivity index (χ1) is 10.2. The minimum Gasteiger partial charge on any atom is -0.491 e. The van der Waals surface area contributed by atoms with Gasteiger partial charge < -0.3 is 20.5 Å². The van der Waals surface area contributed by atoms with Gasteiger partial charge in [-0.3, -0.25) is 0 Å². The summed E-state index contributed by atoms with van der Waals surface area (Å²) in [5.74, 6) is 0.207. The first-order valence-electron chi connectivity index (χ1n) is 6.71. The topological polar surface area (TPSA) is 70.6 Å². The maximum absolute atomic E-state index is 12.4. The molecule has 1 rings (SSSR count). The van der Waals surface area contributed by atoms with Gasteiger partial charge in [-0.2, -0.15) is 13.2 Å². The minimum atomic E-state index is -4.40. The highest BCUT2D eigenvalue weighted by molar-refractivity contribution is 5.74. The van der Waals surface area contributed by atoms with Gasteiger partial charge in [0.05, 0.1) is 5.56 Å². The zero-order valence-corrected chi connectivity index (χ0v) is 12.3. The Morgan fingerprint density at radius 3 is 2.36 bits per heavy atom. The van der Waals surface area contributed by atoms with Gasteiger partial charge in [-0.05, 0) is 38.1 Å². The molecular weight excluding hydrogens is 301 g/mol. The van der Waals surface area contributed by atoms with Gasteiger partial charge in [0.15, 0.2) is 0 Å². The van der Waals surface area contributed by atoms with Crippen LogP contribution in [0.25, 0.3) is 0 Å². The molecule has 5 nitrogen and oxygen atoms in total. The van der Waals surface area contributed by atoms with Gasteiger partial charge >= 0.3 is 12.2 Å². The van der Waals surface area contributed by atoms with Crippen LogP contribution in [0, 0.1) is 0 Å². The Kier molecular flexibility index (Phi) is 6.48. The predicted octanol–water partition coefficient (Wildman–Crippen LogP) is 2.15. The van der Waals surface area contributed by atoms with Gasteiger partial charge in [0.1, 0.15) is 18.5 Å². The fourth-order valence-corrected chi connectivity index (χ4v) is 1.52. The van der Waals surface area contributed by atoms with Crippen molar-refractivity contribution in [2.75, 3.05) is 13.2 Å². The fourth-order valence-electron chi connectivity index (χ4n) is 1.52. The van der Waals surface area contributed by atoms with Crippen LogP contribution in [0.4, 0.5) is 18.0 Å². The number of benzene rings is 1. The Bertz CT molecular complexity index is 475. The highest BCUT2D eigenvalue weighted by Gasteiger charge is 2.30. The second-order valence-corrected chi connectivity index (χ2v) is 5.00. The number of aliphatic hydroxyl groups excluding tert-OH is 1. The summed E-state index contributed by atoms with van der Waals surface area (Å²) >= 11 is 0. The molecule has 0 radical (unpaired) electrons. The molecule has 22 heavy (non-hydrogen) atoms. The van der Waals surface area contributed by atoms with E-state index in [-0.39, 0.29) is 24.9 Å². The van der Waals surface area contributed by atoms with E-state index in [1.54, 1.807) is 13.8 Å². The first kappa shape index (κ1) is 18.1. The molecule has 0 spiro atoms. The number of carbonyl (C=O) groups is 1. The normalized spacial score (nSPS) is 12.9. The molecule has 2 amide bonds. The van der Waals surface area contributed by atoms with E-state index in [0.29, 0.717) is 0 Å². The number of nitrogens with one attached hydrogen (secondary N) is 2. The van der Waals surface area contributed by atoms with Crippen LogP contribution in [0.2, 0.25) is 0 Å². The van der Waals surface area contributed by atoms with Gasteiger partial charge in [-0.15, -0.1) is 0 Å². The Labute approximate surface area is 126 Å². The van der Waals surface area contributed by atoms with E-state index < -0.39 is 23.9 Å². The second kappa shape index (κ2) is 7.88. The van der Waals surface area contributed by atoms with Crippen LogP contribution in [0.5, 0.6) is 5.75 Å². The smallest absolute Gasteiger partial charge is 0.416 e. The third kappa shape index (κ3) is 6.66. The summed E-state index contributed by atoms with van der Waals surface area (Å²) in [6, 6.07) is 3.71. The van der Waals surface area contributed by atoms with Crippen molar-refractivity contribution in [3.63, 3.8) is 0 Å². The Morgan fingerprint density at radius 2 is 1.86 bits per heavy atom. The number of hydrogen-bond acceptors (Lipinski definition) is 3. The monoisotopic (exact) mass is 320 g/mol. The number of hydrogen-bond donors (Lipinski definition) is 3. The molecule has 0 saturated heterocycles. The standard InChI is InChI=1S/C14H19F3N2O3/c1-9(2)19-13(21)18-7-11(20)8-22-12-5-3-10(4-6-12)14(15,16)17/h3-6,9,11,20H,7-8H2,1-2H3,(H2,18,19,21)/t11-/m1/s1. The van der Waals surface area contributed by atoms with Crippen LogP contribution in [0.3, 0.4) is 0 Å². The summed E-state index contributed by atoms with van der Waals surface area (Å²) in [6.45, 7) is 3.42. The molecule has 0 fully saturated rings. The van der Waals surface area contributed by atoms with Crippen molar-refractivity contribution in [3.05, 3.63) is 29.8 Å². The largest absolute Gasteiger partial charge is 0.491 e. The van der Waals surface area contributed by atoms with E-state index in [4.69, 9.17) is 4.74 Å². The molecule has 8 heteroatoms. The van der Waals surface area contributed by atoms with Crippen molar-refractivity contribution in [3.8, 4) is 5.75 Å². The van der Waals surface area contributed by atoms with Crippen LogP contribution in [-0.2, 0) is 6.18 Å². The van der Waals surface area contributed by atoms with Crippen LogP contribution in [0.1, 0.15) is 19.4 Å². The fraction of sp³-hybridized carbons (Fsp3) is 0.500. The van der Waals surface area contributed by atoms with E-state index in [0.717, 1.165) is 12.1 Å². The van der Waals surface area contributed by atoms with Crippen molar-refractivity contribution in [2.24, 2.45) is 0 Å². The Hall–Kier alpha value is -1.96. The molecule has 0 aliphatic rings. The summed E-state index contributed by atoms with van der Waals surface area (Å²) in [4.78, 5) is 11.3. The summed E-state index contributed by atoms with van der Waals surface area (Å²) in [6.07, 6.45) is -5.37. The zero-order valence-electron chi connectivity index (χ0n) is 12.3. The minimum absolute atomic E-state index is 0.0273. The quantitative estimate of drug-likeness (QED) is 0.752.